The van der Waals surface area contributed by atoms with Crippen molar-refractivity contribution in [3.8, 4) is 0 Å². The van der Waals surface area contributed by atoms with Gasteiger partial charge in [0.15, 0.2) is 5.82 Å². The number of halogens is 1. The highest BCUT2D eigenvalue weighted by Crippen LogP contribution is 2.38. The van der Waals surface area contributed by atoms with Crippen molar-refractivity contribution in [2.75, 3.05) is 16.7 Å². The fourth-order valence-electron chi connectivity index (χ4n) is 4.22. The maximum absolute atomic E-state index is 13.4. The molecule has 4 aromatic rings. The van der Waals surface area contributed by atoms with E-state index in [4.69, 9.17) is 4.98 Å². The van der Waals surface area contributed by atoms with Crippen molar-refractivity contribution in [3.63, 3.8) is 0 Å². The number of anilines is 2. The van der Waals surface area contributed by atoms with Crippen LogP contribution in [0.15, 0.2) is 83.8 Å². The Morgan fingerprint density at radius 3 is 2.53 bits per heavy atom. The third kappa shape index (κ3) is 3.58. The second-order valence-corrected chi connectivity index (χ2v) is 9.88. The SMILES string of the molecule is CN(c1cc2ccccc2nc1N[C@@H]1CCc2ccccc21)S(=O)(=O)c1ccc(F)cc1. The van der Waals surface area contributed by atoms with Gasteiger partial charge in [0.2, 0.25) is 0 Å². The molecule has 0 spiro atoms. The number of hydrogen-bond acceptors (Lipinski definition) is 4. The molecule has 1 aliphatic carbocycles. The maximum Gasteiger partial charge on any atom is 0.264 e. The fraction of sp³-hybridized carbons (Fsp3) is 0.160. The lowest BCUT2D eigenvalue weighted by molar-refractivity contribution is 0.593. The zero-order valence-corrected chi connectivity index (χ0v) is 18.3. The molecule has 1 aliphatic rings. The van der Waals surface area contributed by atoms with Crippen LogP contribution in [0.1, 0.15) is 23.6 Å². The van der Waals surface area contributed by atoms with E-state index in [0.29, 0.717) is 11.5 Å². The number of aromatic nitrogens is 1. The molecular weight excluding hydrogens is 425 g/mol. The Bertz CT molecular complexity index is 1400. The molecule has 1 heterocycles. The number of rotatable bonds is 5. The predicted octanol–water partition coefficient (Wildman–Crippen LogP) is 5.30. The Balaban J connectivity index is 1.59. The smallest absolute Gasteiger partial charge is 0.264 e. The quantitative estimate of drug-likeness (QED) is 0.451. The van der Waals surface area contributed by atoms with E-state index in [1.807, 2.05) is 42.5 Å². The van der Waals surface area contributed by atoms with Gasteiger partial charge in [-0.05, 0) is 60.4 Å². The minimum atomic E-state index is -3.91. The number of hydrogen-bond donors (Lipinski definition) is 1. The summed E-state index contributed by atoms with van der Waals surface area (Å²) in [4.78, 5) is 4.80. The second-order valence-electron chi connectivity index (χ2n) is 7.91. The molecule has 0 unspecified atom stereocenters. The van der Waals surface area contributed by atoms with Gasteiger partial charge in [0.1, 0.15) is 5.82 Å². The number of pyridine rings is 1. The molecular formula is C25H22FN3O2S. The number of nitrogens with one attached hydrogen (secondary N) is 1. The lowest BCUT2D eigenvalue weighted by Crippen LogP contribution is -2.28. The molecule has 5 nitrogen and oxygen atoms in total. The highest BCUT2D eigenvalue weighted by molar-refractivity contribution is 7.92. The average Bonchev–Trinajstić information content (AvgIpc) is 3.21. The van der Waals surface area contributed by atoms with Crippen LogP contribution in [-0.2, 0) is 16.4 Å². The van der Waals surface area contributed by atoms with Gasteiger partial charge in [0.25, 0.3) is 10.0 Å². The Morgan fingerprint density at radius 1 is 1.00 bits per heavy atom. The van der Waals surface area contributed by atoms with Gasteiger partial charge in [-0.25, -0.2) is 17.8 Å². The summed E-state index contributed by atoms with van der Waals surface area (Å²) in [6.07, 6.45) is 1.86. The van der Waals surface area contributed by atoms with Crippen molar-refractivity contribution in [3.05, 3.63) is 95.8 Å². The van der Waals surface area contributed by atoms with Gasteiger partial charge in [0.05, 0.1) is 22.1 Å². The van der Waals surface area contributed by atoms with E-state index in [9.17, 15) is 12.8 Å². The zero-order valence-electron chi connectivity index (χ0n) is 17.5. The topological polar surface area (TPSA) is 62.3 Å². The van der Waals surface area contributed by atoms with Crippen LogP contribution in [0.4, 0.5) is 15.9 Å². The van der Waals surface area contributed by atoms with Crippen molar-refractivity contribution in [2.45, 2.75) is 23.8 Å². The lowest BCUT2D eigenvalue weighted by Gasteiger charge is -2.25. The van der Waals surface area contributed by atoms with Crippen molar-refractivity contribution < 1.29 is 12.8 Å². The van der Waals surface area contributed by atoms with Crippen LogP contribution in [0.5, 0.6) is 0 Å². The Morgan fingerprint density at radius 2 is 1.72 bits per heavy atom. The van der Waals surface area contributed by atoms with Crippen molar-refractivity contribution in [2.24, 2.45) is 0 Å². The molecule has 1 aromatic heterocycles. The second kappa shape index (κ2) is 7.91. The molecule has 3 aromatic carbocycles. The van der Waals surface area contributed by atoms with E-state index in [-0.39, 0.29) is 10.9 Å². The highest BCUT2D eigenvalue weighted by Gasteiger charge is 2.28. The molecule has 162 valence electrons. The molecule has 1 atom stereocenters. The number of sulfonamides is 1. The van der Waals surface area contributed by atoms with Gasteiger partial charge in [-0.1, -0.05) is 42.5 Å². The summed E-state index contributed by atoms with van der Waals surface area (Å²) in [5.41, 5.74) is 3.71. The third-order valence-electron chi connectivity index (χ3n) is 5.96. The van der Waals surface area contributed by atoms with Crippen LogP contribution < -0.4 is 9.62 Å². The van der Waals surface area contributed by atoms with Gasteiger partial charge in [-0.2, -0.15) is 0 Å². The number of benzene rings is 3. The fourth-order valence-corrected chi connectivity index (χ4v) is 5.41. The summed E-state index contributed by atoms with van der Waals surface area (Å²) in [6, 6.07) is 22.6. The largest absolute Gasteiger partial charge is 0.361 e. The molecule has 32 heavy (non-hydrogen) atoms. The minimum Gasteiger partial charge on any atom is -0.361 e. The zero-order chi connectivity index (χ0) is 22.3. The number of nitrogens with zero attached hydrogens (tertiary/aromatic N) is 2. The third-order valence-corrected chi connectivity index (χ3v) is 7.74. The van der Waals surface area contributed by atoms with Gasteiger partial charge < -0.3 is 5.32 Å². The Labute approximate surface area is 186 Å². The van der Waals surface area contributed by atoms with E-state index in [0.717, 1.165) is 35.9 Å². The molecule has 0 saturated heterocycles. The summed E-state index contributed by atoms with van der Waals surface area (Å²) in [5.74, 6) is 0.0137. The summed E-state index contributed by atoms with van der Waals surface area (Å²) in [5, 5.41) is 4.33. The normalized spacial score (nSPS) is 15.5. The molecule has 5 rings (SSSR count). The van der Waals surface area contributed by atoms with E-state index < -0.39 is 15.8 Å². The van der Waals surface area contributed by atoms with Crippen molar-refractivity contribution >= 4 is 32.4 Å². The number of fused-ring (bicyclic) bond motifs is 2. The van der Waals surface area contributed by atoms with Crippen LogP contribution in [0.3, 0.4) is 0 Å². The van der Waals surface area contributed by atoms with Gasteiger partial charge in [0, 0.05) is 12.4 Å². The first-order chi connectivity index (χ1) is 15.4. The number of aryl methyl sites for hydroxylation is 1. The standard InChI is InChI=1S/C25H22FN3O2S/c1-29(32(30,31)20-13-11-19(26)12-14-20)24-16-18-7-3-5-9-22(18)27-25(24)28-23-15-10-17-6-2-4-8-21(17)23/h2-9,11-14,16,23H,10,15H2,1H3,(H,27,28)/t23-/m1/s1. The van der Waals surface area contributed by atoms with Crippen LogP contribution in [0.2, 0.25) is 0 Å². The summed E-state index contributed by atoms with van der Waals surface area (Å²) >= 11 is 0. The lowest BCUT2D eigenvalue weighted by atomic mass is 10.1. The van der Waals surface area contributed by atoms with E-state index in [2.05, 4.69) is 17.4 Å². The van der Waals surface area contributed by atoms with Crippen LogP contribution in [0.25, 0.3) is 10.9 Å². The Hall–Kier alpha value is -3.45. The van der Waals surface area contributed by atoms with E-state index in [1.165, 1.54) is 34.6 Å². The molecule has 0 saturated carbocycles. The summed E-state index contributed by atoms with van der Waals surface area (Å²) in [7, 11) is -2.41. The van der Waals surface area contributed by atoms with Gasteiger partial charge in [-0.3, -0.25) is 4.31 Å². The van der Waals surface area contributed by atoms with Gasteiger partial charge in [-0.15, -0.1) is 0 Å². The average molecular weight is 448 g/mol. The predicted molar refractivity (Wildman–Crippen MR) is 125 cm³/mol. The molecule has 0 fully saturated rings. The number of para-hydroxylation sites is 1. The van der Waals surface area contributed by atoms with Crippen molar-refractivity contribution in [1.82, 2.24) is 4.98 Å². The molecule has 0 bridgehead atoms. The minimum absolute atomic E-state index is 0.0201. The summed E-state index contributed by atoms with van der Waals surface area (Å²) < 4.78 is 41.2. The summed E-state index contributed by atoms with van der Waals surface area (Å²) in [6.45, 7) is 0. The van der Waals surface area contributed by atoms with Crippen molar-refractivity contribution in [1.29, 1.82) is 0 Å². The maximum atomic E-state index is 13.4. The Kier molecular flexibility index (Phi) is 5.06. The first kappa shape index (κ1) is 20.5. The first-order valence-electron chi connectivity index (χ1n) is 10.4. The van der Waals surface area contributed by atoms with E-state index in [1.54, 1.807) is 0 Å². The first-order valence-corrected chi connectivity index (χ1v) is 11.9. The molecule has 0 aliphatic heterocycles. The van der Waals surface area contributed by atoms with Crippen LogP contribution >= 0.6 is 0 Å². The van der Waals surface area contributed by atoms with Crippen LogP contribution in [0, 0.1) is 5.82 Å². The van der Waals surface area contributed by atoms with Gasteiger partial charge >= 0.3 is 0 Å². The molecule has 0 radical (unpaired) electrons. The molecule has 1 N–H and O–H groups in total. The highest BCUT2D eigenvalue weighted by atomic mass is 32.2. The monoisotopic (exact) mass is 447 g/mol. The molecule has 0 amide bonds. The van der Waals surface area contributed by atoms with E-state index >= 15 is 0 Å². The molecule has 7 heteroatoms. The van der Waals surface area contributed by atoms with Crippen LogP contribution in [-0.4, -0.2) is 20.4 Å².